The lowest BCUT2D eigenvalue weighted by Crippen LogP contribution is -2.29. The third kappa shape index (κ3) is 3.86. The summed E-state index contributed by atoms with van der Waals surface area (Å²) in [6, 6.07) is 0. The lowest BCUT2D eigenvalue weighted by molar-refractivity contribution is -0.159. The second-order valence-corrected chi connectivity index (χ2v) is 6.59. The highest BCUT2D eigenvalue weighted by Crippen LogP contribution is 2.49. The van der Waals surface area contributed by atoms with Gasteiger partial charge in [0.15, 0.2) is 0 Å². The molecule has 0 aliphatic heterocycles. The van der Waals surface area contributed by atoms with Crippen LogP contribution >= 0.6 is 0 Å². The molecule has 0 saturated heterocycles. The predicted octanol–water partition coefficient (Wildman–Crippen LogP) is 3.25. The lowest BCUT2D eigenvalue weighted by Gasteiger charge is -2.21. The summed E-state index contributed by atoms with van der Waals surface area (Å²) in [5.41, 5.74) is -0.360. The van der Waals surface area contributed by atoms with Crippen molar-refractivity contribution in [1.82, 2.24) is 0 Å². The van der Waals surface area contributed by atoms with Crippen molar-refractivity contribution in [3.8, 4) is 0 Å². The molecular weight excluding hydrogens is 268 g/mol. The smallest absolute Gasteiger partial charge is 0.309 e. The Morgan fingerprint density at radius 2 is 2.05 bits per heavy atom. The average molecular weight is 294 g/mol. The molecule has 0 aromatic heterocycles. The number of hydrogen-bond donors (Lipinski definition) is 0. The summed E-state index contributed by atoms with van der Waals surface area (Å²) < 4.78 is 10.5. The van der Waals surface area contributed by atoms with Gasteiger partial charge in [-0.25, -0.2) is 0 Å². The number of hydrogen-bond acceptors (Lipinski definition) is 4. The Kier molecular flexibility index (Phi) is 5.07. The Hall–Kier alpha value is -1.32. The topological polar surface area (TPSA) is 52.6 Å². The third-order valence-corrected chi connectivity index (χ3v) is 5.01. The molecule has 0 unspecified atom stereocenters. The Labute approximate surface area is 126 Å². The highest BCUT2D eigenvalue weighted by molar-refractivity contribution is 5.80. The van der Waals surface area contributed by atoms with E-state index in [1.54, 1.807) is 0 Å². The molecule has 2 rings (SSSR count). The average Bonchev–Trinajstić information content (AvgIpc) is 2.88. The van der Waals surface area contributed by atoms with Crippen LogP contribution in [0, 0.1) is 17.8 Å². The number of carbonyl (C=O) groups excluding carboxylic acids is 2. The van der Waals surface area contributed by atoms with Gasteiger partial charge >= 0.3 is 11.9 Å². The SMILES string of the molecule is C=CC[C@H]1C[C@]1(C)OC(=O)C[C@H](C(=O)OC)C1CCCC1. The minimum Gasteiger partial charge on any atom is -0.469 e. The fourth-order valence-electron chi connectivity index (χ4n) is 3.52. The molecule has 2 aliphatic carbocycles. The molecule has 0 bridgehead atoms. The minimum absolute atomic E-state index is 0.147. The zero-order valence-corrected chi connectivity index (χ0v) is 13.1. The molecule has 0 aromatic rings. The van der Waals surface area contributed by atoms with Crippen molar-refractivity contribution < 1.29 is 19.1 Å². The summed E-state index contributed by atoms with van der Waals surface area (Å²) in [5, 5.41) is 0. The maximum atomic E-state index is 12.2. The van der Waals surface area contributed by atoms with Crippen LogP contribution in [0.4, 0.5) is 0 Å². The van der Waals surface area contributed by atoms with Gasteiger partial charge in [0, 0.05) is 5.92 Å². The number of ether oxygens (including phenoxy) is 2. The molecule has 0 heterocycles. The summed E-state index contributed by atoms with van der Waals surface area (Å²) in [6.45, 7) is 5.68. The van der Waals surface area contributed by atoms with Gasteiger partial charge in [0.1, 0.15) is 5.60 Å². The van der Waals surface area contributed by atoms with Crippen LogP contribution in [0.5, 0.6) is 0 Å². The van der Waals surface area contributed by atoms with Gasteiger partial charge in [-0.1, -0.05) is 18.9 Å². The molecule has 2 saturated carbocycles. The van der Waals surface area contributed by atoms with Crippen LogP contribution in [0.25, 0.3) is 0 Å². The summed E-state index contributed by atoms with van der Waals surface area (Å²) in [6.07, 6.45) is 8.03. The normalized spacial score (nSPS) is 29.7. The third-order valence-electron chi connectivity index (χ3n) is 5.01. The zero-order valence-electron chi connectivity index (χ0n) is 13.1. The van der Waals surface area contributed by atoms with E-state index in [1.807, 2.05) is 13.0 Å². The first kappa shape index (κ1) is 16.1. The predicted molar refractivity (Wildman–Crippen MR) is 79.5 cm³/mol. The Bertz CT molecular complexity index is 411. The fourth-order valence-corrected chi connectivity index (χ4v) is 3.52. The van der Waals surface area contributed by atoms with Crippen molar-refractivity contribution in [2.45, 2.75) is 57.5 Å². The van der Waals surface area contributed by atoms with E-state index in [9.17, 15) is 9.59 Å². The number of carbonyl (C=O) groups is 2. The van der Waals surface area contributed by atoms with Crippen molar-refractivity contribution in [3.05, 3.63) is 12.7 Å². The van der Waals surface area contributed by atoms with Crippen LogP contribution in [-0.4, -0.2) is 24.6 Å². The molecule has 0 amide bonds. The molecule has 0 spiro atoms. The second-order valence-electron chi connectivity index (χ2n) is 6.59. The number of allylic oxidation sites excluding steroid dienone is 1. The van der Waals surface area contributed by atoms with Crippen molar-refractivity contribution in [2.75, 3.05) is 7.11 Å². The maximum Gasteiger partial charge on any atom is 0.309 e. The molecule has 2 fully saturated rings. The van der Waals surface area contributed by atoms with E-state index in [1.165, 1.54) is 7.11 Å². The number of methoxy groups -OCH3 is 1. The molecule has 3 atom stereocenters. The van der Waals surface area contributed by atoms with E-state index < -0.39 is 0 Å². The van der Waals surface area contributed by atoms with Crippen LogP contribution < -0.4 is 0 Å². The Balaban J connectivity index is 1.89. The number of rotatable bonds is 7. The van der Waals surface area contributed by atoms with Crippen LogP contribution in [0.15, 0.2) is 12.7 Å². The maximum absolute atomic E-state index is 12.2. The van der Waals surface area contributed by atoms with E-state index in [-0.39, 0.29) is 35.8 Å². The summed E-state index contributed by atoms with van der Waals surface area (Å²) >= 11 is 0. The zero-order chi connectivity index (χ0) is 15.5. The van der Waals surface area contributed by atoms with Gasteiger partial charge in [-0.2, -0.15) is 0 Å². The van der Waals surface area contributed by atoms with Crippen molar-refractivity contribution in [3.63, 3.8) is 0 Å². The number of esters is 2. The van der Waals surface area contributed by atoms with Crippen LogP contribution in [0.1, 0.15) is 51.9 Å². The minimum atomic E-state index is -0.360. The summed E-state index contributed by atoms with van der Waals surface area (Å²) in [5.74, 6) is -0.248. The van der Waals surface area contributed by atoms with E-state index in [2.05, 4.69) is 6.58 Å². The molecule has 2 aliphatic rings. The first-order valence-electron chi connectivity index (χ1n) is 7.90. The van der Waals surface area contributed by atoms with Crippen LogP contribution in [0.2, 0.25) is 0 Å². The van der Waals surface area contributed by atoms with E-state index in [0.717, 1.165) is 38.5 Å². The molecule has 0 N–H and O–H groups in total. The highest BCUT2D eigenvalue weighted by Gasteiger charge is 2.53. The molecule has 0 radical (unpaired) electrons. The summed E-state index contributed by atoms with van der Waals surface area (Å²) in [4.78, 5) is 24.1. The molecule has 4 heteroatoms. The standard InChI is InChI=1S/C17H26O4/c1-4-7-13-11-17(13,2)21-15(18)10-14(16(19)20-3)12-8-5-6-9-12/h4,12-14H,1,5-11H2,2-3H3/t13-,14-,17-/m0/s1. The first-order valence-corrected chi connectivity index (χ1v) is 7.90. The Morgan fingerprint density at radius 1 is 1.38 bits per heavy atom. The van der Waals surface area contributed by atoms with Gasteiger partial charge < -0.3 is 9.47 Å². The second kappa shape index (κ2) is 6.63. The molecular formula is C17H26O4. The van der Waals surface area contributed by atoms with Crippen molar-refractivity contribution in [2.24, 2.45) is 17.8 Å². The lowest BCUT2D eigenvalue weighted by atomic mass is 9.88. The van der Waals surface area contributed by atoms with Gasteiger partial charge in [-0.15, -0.1) is 6.58 Å². The van der Waals surface area contributed by atoms with Crippen LogP contribution in [0.3, 0.4) is 0 Å². The fraction of sp³-hybridized carbons (Fsp3) is 0.765. The van der Waals surface area contributed by atoms with Gasteiger partial charge in [0.2, 0.25) is 0 Å². The van der Waals surface area contributed by atoms with E-state index >= 15 is 0 Å². The molecule has 21 heavy (non-hydrogen) atoms. The first-order chi connectivity index (χ1) is 10.00. The molecule has 4 nitrogen and oxygen atoms in total. The van der Waals surface area contributed by atoms with E-state index in [0.29, 0.717) is 5.92 Å². The van der Waals surface area contributed by atoms with Gasteiger partial charge in [0.25, 0.3) is 0 Å². The monoisotopic (exact) mass is 294 g/mol. The Morgan fingerprint density at radius 3 is 2.62 bits per heavy atom. The van der Waals surface area contributed by atoms with Crippen molar-refractivity contribution >= 4 is 11.9 Å². The quantitative estimate of drug-likeness (QED) is 0.534. The van der Waals surface area contributed by atoms with Gasteiger partial charge in [-0.05, 0) is 38.5 Å². The van der Waals surface area contributed by atoms with Gasteiger partial charge in [-0.3, -0.25) is 9.59 Å². The van der Waals surface area contributed by atoms with Gasteiger partial charge in [0.05, 0.1) is 19.4 Å². The van der Waals surface area contributed by atoms with Crippen LogP contribution in [-0.2, 0) is 19.1 Å². The largest absolute Gasteiger partial charge is 0.469 e. The molecule has 118 valence electrons. The highest BCUT2D eigenvalue weighted by atomic mass is 16.6. The molecule has 0 aromatic carbocycles. The summed E-state index contributed by atoms with van der Waals surface area (Å²) in [7, 11) is 1.39. The van der Waals surface area contributed by atoms with Crippen molar-refractivity contribution in [1.29, 1.82) is 0 Å². The van der Waals surface area contributed by atoms with E-state index in [4.69, 9.17) is 9.47 Å².